The number of hydrogen-bond acceptors (Lipinski definition) is 7. The van der Waals surface area contributed by atoms with Crippen molar-refractivity contribution in [1.29, 1.82) is 0 Å². The van der Waals surface area contributed by atoms with Gasteiger partial charge in [-0.2, -0.15) is 9.40 Å². The van der Waals surface area contributed by atoms with E-state index >= 15 is 0 Å². The number of aliphatic imine (C=N–C) groups is 1. The van der Waals surface area contributed by atoms with Crippen LogP contribution in [-0.2, 0) is 21.2 Å². The zero-order chi connectivity index (χ0) is 25.6. The SMILES string of the molecule is CCOCC12Cc3cnn(-c4ccc(F)cc4)c3C=C1CCN(S(=O)(=O)c1cnc3c(c1)OCC=N3)C2. The number of fused-ring (bicyclic) bond motifs is 3. The Bertz CT molecular complexity index is 1520. The van der Waals surface area contributed by atoms with E-state index in [9.17, 15) is 12.8 Å². The third kappa shape index (κ3) is 4.16. The Morgan fingerprint density at radius 2 is 2.05 bits per heavy atom. The normalized spacial score (nSPS) is 21.0. The number of rotatable bonds is 6. The first-order valence-corrected chi connectivity index (χ1v) is 13.6. The van der Waals surface area contributed by atoms with Gasteiger partial charge in [0.2, 0.25) is 10.0 Å². The molecule has 3 aromatic rings. The molecule has 9 nitrogen and oxygen atoms in total. The van der Waals surface area contributed by atoms with E-state index in [0.29, 0.717) is 44.2 Å². The molecule has 2 aromatic heterocycles. The minimum absolute atomic E-state index is 0.0861. The van der Waals surface area contributed by atoms with Crippen molar-refractivity contribution in [2.75, 3.05) is 32.9 Å². The van der Waals surface area contributed by atoms with Crippen LogP contribution in [0.2, 0.25) is 0 Å². The lowest BCUT2D eigenvalue weighted by Crippen LogP contribution is -2.51. The van der Waals surface area contributed by atoms with Gasteiger partial charge in [-0.3, -0.25) is 0 Å². The molecule has 11 heteroatoms. The number of sulfonamides is 1. The molecular formula is C26H26FN5O4S. The van der Waals surface area contributed by atoms with Gasteiger partial charge in [-0.05, 0) is 55.7 Å². The number of aromatic nitrogens is 3. The minimum Gasteiger partial charge on any atom is -0.484 e. The fraction of sp³-hybridized carbons (Fsp3) is 0.346. The summed E-state index contributed by atoms with van der Waals surface area (Å²) in [6.07, 6.45) is 7.98. The molecular weight excluding hydrogens is 497 g/mol. The Labute approximate surface area is 214 Å². The maximum Gasteiger partial charge on any atom is 0.244 e. The summed E-state index contributed by atoms with van der Waals surface area (Å²) in [6.45, 7) is 3.73. The molecule has 4 heterocycles. The van der Waals surface area contributed by atoms with Gasteiger partial charge in [0.15, 0.2) is 11.6 Å². The van der Waals surface area contributed by atoms with Gasteiger partial charge < -0.3 is 9.47 Å². The second kappa shape index (κ2) is 9.16. The van der Waals surface area contributed by atoms with E-state index in [4.69, 9.17) is 9.47 Å². The van der Waals surface area contributed by atoms with Crippen molar-refractivity contribution in [3.8, 4) is 11.4 Å². The Hall–Kier alpha value is -3.41. The van der Waals surface area contributed by atoms with E-state index in [1.165, 1.54) is 28.7 Å². The van der Waals surface area contributed by atoms with Crippen molar-refractivity contribution < 1.29 is 22.3 Å². The fourth-order valence-corrected chi connectivity index (χ4v) is 6.77. The van der Waals surface area contributed by atoms with Crippen molar-refractivity contribution in [2.45, 2.75) is 24.7 Å². The molecule has 1 unspecified atom stereocenters. The summed E-state index contributed by atoms with van der Waals surface area (Å²) in [5.74, 6) is 0.432. The highest BCUT2D eigenvalue weighted by Gasteiger charge is 2.46. The lowest BCUT2D eigenvalue weighted by Gasteiger charge is -2.45. The first-order valence-electron chi connectivity index (χ1n) is 12.2. The van der Waals surface area contributed by atoms with Crippen LogP contribution in [0.5, 0.6) is 5.75 Å². The first kappa shape index (κ1) is 24.0. The van der Waals surface area contributed by atoms with Crippen LogP contribution in [-0.4, -0.2) is 66.6 Å². The summed E-state index contributed by atoms with van der Waals surface area (Å²) in [5, 5.41) is 4.57. The Balaban J connectivity index is 1.34. The Morgan fingerprint density at radius 1 is 1.22 bits per heavy atom. The van der Waals surface area contributed by atoms with Crippen LogP contribution < -0.4 is 4.74 Å². The van der Waals surface area contributed by atoms with Gasteiger partial charge in [-0.25, -0.2) is 27.5 Å². The van der Waals surface area contributed by atoms with Gasteiger partial charge in [0.25, 0.3) is 0 Å². The third-order valence-corrected chi connectivity index (χ3v) is 8.95. The average Bonchev–Trinajstić information content (AvgIpc) is 3.32. The van der Waals surface area contributed by atoms with Crippen LogP contribution in [0.4, 0.5) is 10.2 Å². The highest BCUT2D eigenvalue weighted by molar-refractivity contribution is 7.89. The monoisotopic (exact) mass is 523 g/mol. The second-order valence-corrected chi connectivity index (χ2v) is 11.3. The second-order valence-electron chi connectivity index (χ2n) is 9.41. The topological polar surface area (TPSA) is 98.9 Å². The maximum atomic E-state index is 13.7. The van der Waals surface area contributed by atoms with Gasteiger partial charge in [-0.1, -0.05) is 5.57 Å². The molecule has 0 bridgehead atoms. The molecule has 1 saturated heterocycles. The number of halogens is 1. The van der Waals surface area contributed by atoms with Gasteiger partial charge >= 0.3 is 0 Å². The molecule has 0 N–H and O–H groups in total. The number of piperidine rings is 1. The lowest BCUT2D eigenvalue weighted by molar-refractivity contribution is 0.0477. The number of nitrogens with zero attached hydrogens (tertiary/aromatic N) is 5. The Kier molecular flexibility index (Phi) is 5.93. The van der Waals surface area contributed by atoms with Crippen molar-refractivity contribution in [1.82, 2.24) is 19.1 Å². The van der Waals surface area contributed by atoms with Crippen LogP contribution in [0.25, 0.3) is 11.8 Å². The van der Waals surface area contributed by atoms with E-state index in [0.717, 1.165) is 22.5 Å². The molecule has 192 valence electrons. The van der Waals surface area contributed by atoms with Crippen molar-refractivity contribution in [3.05, 3.63) is 65.4 Å². The van der Waals surface area contributed by atoms with Gasteiger partial charge in [0, 0.05) is 43.6 Å². The highest BCUT2D eigenvalue weighted by Crippen LogP contribution is 2.46. The highest BCUT2D eigenvalue weighted by atomic mass is 32.2. The van der Waals surface area contributed by atoms with Crippen LogP contribution >= 0.6 is 0 Å². The van der Waals surface area contributed by atoms with Crippen molar-refractivity contribution in [3.63, 3.8) is 0 Å². The molecule has 6 rings (SSSR count). The summed E-state index contributed by atoms with van der Waals surface area (Å²) in [6, 6.07) is 7.71. The van der Waals surface area contributed by atoms with Crippen LogP contribution in [0.3, 0.4) is 0 Å². The number of ether oxygens (including phenoxy) is 2. The molecule has 1 aromatic carbocycles. The van der Waals surface area contributed by atoms with E-state index in [-0.39, 0.29) is 23.9 Å². The Morgan fingerprint density at radius 3 is 2.86 bits per heavy atom. The van der Waals surface area contributed by atoms with Gasteiger partial charge in [0.1, 0.15) is 17.3 Å². The van der Waals surface area contributed by atoms with E-state index in [2.05, 4.69) is 21.2 Å². The van der Waals surface area contributed by atoms with Crippen molar-refractivity contribution in [2.24, 2.45) is 10.4 Å². The first-order chi connectivity index (χ1) is 17.9. The summed E-state index contributed by atoms with van der Waals surface area (Å²) in [7, 11) is -3.83. The van der Waals surface area contributed by atoms with Gasteiger partial charge in [0.05, 0.1) is 24.2 Å². The smallest absolute Gasteiger partial charge is 0.244 e. The molecule has 3 aliphatic rings. The lowest BCUT2D eigenvalue weighted by atomic mass is 9.69. The standard InChI is InChI=1S/C26H26FN5O4S/c1-2-35-17-26-13-18-14-30-32(21-5-3-20(27)4-6-21)23(18)11-19(26)7-9-31(16-26)37(33,34)22-12-24-25(29-15-22)28-8-10-36-24/h3-6,8,11-12,14-15H,2,7,9-10,13,16-17H2,1H3. The predicted molar refractivity (Wildman–Crippen MR) is 135 cm³/mol. The molecule has 0 spiro atoms. The number of pyridine rings is 1. The summed E-state index contributed by atoms with van der Waals surface area (Å²) in [4.78, 5) is 8.44. The third-order valence-electron chi connectivity index (χ3n) is 7.14. The predicted octanol–water partition coefficient (Wildman–Crippen LogP) is 3.56. The average molecular weight is 524 g/mol. The summed E-state index contributed by atoms with van der Waals surface area (Å²) >= 11 is 0. The minimum atomic E-state index is -3.83. The molecule has 1 fully saturated rings. The van der Waals surface area contributed by atoms with Gasteiger partial charge in [-0.15, -0.1) is 0 Å². The fourth-order valence-electron chi connectivity index (χ4n) is 5.28. The largest absolute Gasteiger partial charge is 0.484 e. The van der Waals surface area contributed by atoms with Crippen molar-refractivity contribution >= 4 is 28.1 Å². The zero-order valence-corrected chi connectivity index (χ0v) is 21.1. The quantitative estimate of drug-likeness (QED) is 0.490. The number of hydrogen-bond donors (Lipinski definition) is 0. The summed E-state index contributed by atoms with van der Waals surface area (Å²) < 4.78 is 55.7. The molecule has 0 saturated carbocycles. The van der Waals surface area contributed by atoms with E-state index in [1.54, 1.807) is 29.2 Å². The van der Waals surface area contributed by atoms with Crippen LogP contribution in [0.1, 0.15) is 24.6 Å². The zero-order valence-electron chi connectivity index (χ0n) is 20.3. The molecule has 1 atom stereocenters. The molecule has 0 amide bonds. The summed E-state index contributed by atoms with van der Waals surface area (Å²) in [5.41, 5.74) is 3.30. The van der Waals surface area contributed by atoms with E-state index < -0.39 is 15.4 Å². The molecule has 2 aliphatic heterocycles. The van der Waals surface area contributed by atoms with E-state index in [1.807, 2.05) is 6.92 Å². The van der Waals surface area contributed by atoms with Crippen LogP contribution in [0, 0.1) is 11.2 Å². The molecule has 1 aliphatic carbocycles. The molecule has 37 heavy (non-hydrogen) atoms. The maximum absolute atomic E-state index is 13.7. The molecule has 0 radical (unpaired) electrons. The number of benzene rings is 1. The van der Waals surface area contributed by atoms with Crippen LogP contribution in [0.15, 0.2) is 58.2 Å².